The van der Waals surface area contributed by atoms with Crippen molar-refractivity contribution in [3.05, 3.63) is 69.9 Å². The molecule has 1 heterocycles. The molecule has 0 saturated carbocycles. The fourth-order valence-electron chi connectivity index (χ4n) is 2.41. The molecule has 0 fully saturated rings. The summed E-state index contributed by atoms with van der Waals surface area (Å²) in [6.07, 6.45) is 3.48. The molecule has 3 aromatic rings. The highest BCUT2D eigenvalue weighted by Gasteiger charge is 2.14. The smallest absolute Gasteiger partial charge is 0.273 e. The quantitative estimate of drug-likeness (QED) is 0.401. The molecule has 2 aromatic carbocycles. The van der Waals surface area contributed by atoms with E-state index in [2.05, 4.69) is 31.8 Å². The maximum Gasteiger partial charge on any atom is 0.273 e. The molecule has 0 aliphatic heterocycles. The molecule has 150 valence electrons. The fraction of sp³-hybridized carbons (Fsp3) is 0.105. The Bertz CT molecular complexity index is 1030. The van der Waals surface area contributed by atoms with Crippen molar-refractivity contribution in [2.45, 2.75) is 5.16 Å². The van der Waals surface area contributed by atoms with E-state index in [1.54, 1.807) is 18.3 Å². The van der Waals surface area contributed by atoms with Gasteiger partial charge in [-0.2, -0.15) is 0 Å². The van der Waals surface area contributed by atoms with Crippen LogP contribution in [0, 0.1) is 0 Å². The van der Waals surface area contributed by atoms with Gasteiger partial charge < -0.3 is 4.74 Å². The molecule has 0 atom stereocenters. The number of hydrogen-bond donors (Lipinski definition) is 2. The van der Waals surface area contributed by atoms with Gasteiger partial charge in [0.25, 0.3) is 5.91 Å². The molecule has 0 aliphatic rings. The molecule has 2 N–H and O–H groups in total. The first kappa shape index (κ1) is 21.2. The number of rotatable bonds is 6. The van der Waals surface area contributed by atoms with E-state index < -0.39 is 5.91 Å². The highest BCUT2D eigenvalue weighted by Crippen LogP contribution is 2.23. The zero-order chi connectivity index (χ0) is 20.8. The van der Waals surface area contributed by atoms with E-state index in [4.69, 9.17) is 16.3 Å². The van der Waals surface area contributed by atoms with Crippen molar-refractivity contribution in [2.75, 3.05) is 12.9 Å². The van der Waals surface area contributed by atoms with E-state index in [1.165, 1.54) is 24.9 Å². The number of imidazole rings is 1. The number of hydrogen-bond acceptors (Lipinski definition) is 5. The molecule has 0 aliphatic carbocycles. The van der Waals surface area contributed by atoms with Crippen molar-refractivity contribution in [3.8, 4) is 11.4 Å². The van der Waals surface area contributed by atoms with Gasteiger partial charge in [-0.3, -0.25) is 25.0 Å². The largest absolute Gasteiger partial charge is 0.496 e. The fourth-order valence-corrected chi connectivity index (χ4v) is 3.62. The Kier molecular flexibility index (Phi) is 7.18. The van der Waals surface area contributed by atoms with Crippen LogP contribution in [0.1, 0.15) is 10.4 Å². The number of carbonyl (C=O) groups is 2. The van der Waals surface area contributed by atoms with Gasteiger partial charge in [0.1, 0.15) is 5.75 Å². The minimum Gasteiger partial charge on any atom is -0.496 e. The number of ether oxygens (including phenoxy) is 1. The number of nitrogens with one attached hydrogen (secondary N) is 2. The molecule has 0 saturated heterocycles. The van der Waals surface area contributed by atoms with Gasteiger partial charge in [-0.05, 0) is 42.5 Å². The van der Waals surface area contributed by atoms with Crippen LogP contribution in [0.2, 0.25) is 5.02 Å². The molecule has 1 aromatic heterocycles. The molecular weight excluding hydrogens is 480 g/mol. The first-order chi connectivity index (χ1) is 14.0. The van der Waals surface area contributed by atoms with Gasteiger partial charge >= 0.3 is 0 Å². The number of nitrogens with zero attached hydrogens (tertiary/aromatic N) is 2. The van der Waals surface area contributed by atoms with Crippen molar-refractivity contribution in [2.24, 2.45) is 0 Å². The Morgan fingerprint density at radius 3 is 2.69 bits per heavy atom. The third kappa shape index (κ3) is 5.53. The molecule has 0 bridgehead atoms. The van der Waals surface area contributed by atoms with Gasteiger partial charge in [-0.15, -0.1) is 0 Å². The predicted octanol–water partition coefficient (Wildman–Crippen LogP) is 3.85. The summed E-state index contributed by atoms with van der Waals surface area (Å²) in [5.41, 5.74) is 5.89. The first-order valence-corrected chi connectivity index (χ1v) is 10.5. The van der Waals surface area contributed by atoms with Crippen LogP contribution in [0.5, 0.6) is 5.75 Å². The van der Waals surface area contributed by atoms with Gasteiger partial charge in [0.2, 0.25) is 5.91 Å². The average Bonchev–Trinajstić information content (AvgIpc) is 3.19. The minimum absolute atomic E-state index is 0.0699. The predicted molar refractivity (Wildman–Crippen MR) is 116 cm³/mol. The van der Waals surface area contributed by atoms with Crippen LogP contribution in [0.4, 0.5) is 0 Å². The summed E-state index contributed by atoms with van der Waals surface area (Å²) in [6.45, 7) is 0. The monoisotopic (exact) mass is 494 g/mol. The van der Waals surface area contributed by atoms with Crippen LogP contribution in [0.3, 0.4) is 0 Å². The van der Waals surface area contributed by atoms with Gasteiger partial charge in [0, 0.05) is 27.6 Å². The molecule has 7 nitrogen and oxygen atoms in total. The molecule has 29 heavy (non-hydrogen) atoms. The molecule has 0 unspecified atom stereocenters. The van der Waals surface area contributed by atoms with Gasteiger partial charge in [0.05, 0.1) is 18.4 Å². The van der Waals surface area contributed by atoms with Gasteiger partial charge in [0.15, 0.2) is 5.16 Å². The lowest BCUT2D eigenvalue weighted by Crippen LogP contribution is -2.42. The number of methoxy groups -OCH3 is 1. The summed E-state index contributed by atoms with van der Waals surface area (Å²) in [4.78, 5) is 28.7. The summed E-state index contributed by atoms with van der Waals surface area (Å²) >= 11 is 10.6. The number of hydrazine groups is 1. The van der Waals surface area contributed by atoms with Crippen LogP contribution in [-0.2, 0) is 4.79 Å². The summed E-state index contributed by atoms with van der Waals surface area (Å²) in [5.74, 6) is -0.485. The minimum atomic E-state index is -0.529. The Hall–Kier alpha value is -2.49. The number of thioether (sulfide) groups is 1. The molecule has 0 radical (unpaired) electrons. The maximum atomic E-state index is 12.3. The SMILES string of the molecule is COc1ccc(Cl)cc1C(=O)NNC(=O)CSc1nccn1-c1ccc(Br)cc1. The number of aromatic nitrogens is 2. The summed E-state index contributed by atoms with van der Waals surface area (Å²) in [6, 6.07) is 12.4. The van der Waals surface area contributed by atoms with Gasteiger partial charge in [-0.1, -0.05) is 39.3 Å². The third-order valence-electron chi connectivity index (χ3n) is 3.77. The van der Waals surface area contributed by atoms with E-state index in [0.717, 1.165) is 10.2 Å². The maximum absolute atomic E-state index is 12.3. The number of carbonyl (C=O) groups excluding carboxylic acids is 2. The second-order valence-electron chi connectivity index (χ2n) is 5.69. The average molecular weight is 496 g/mol. The number of benzene rings is 2. The zero-order valence-electron chi connectivity index (χ0n) is 15.2. The topological polar surface area (TPSA) is 85.2 Å². The molecule has 0 spiro atoms. The highest BCUT2D eigenvalue weighted by atomic mass is 79.9. The Labute approximate surface area is 184 Å². The van der Waals surface area contributed by atoms with Crippen molar-refractivity contribution in [3.63, 3.8) is 0 Å². The molecule has 2 amide bonds. The Morgan fingerprint density at radius 2 is 1.97 bits per heavy atom. The zero-order valence-corrected chi connectivity index (χ0v) is 18.3. The lowest BCUT2D eigenvalue weighted by molar-refractivity contribution is -0.119. The highest BCUT2D eigenvalue weighted by molar-refractivity contribution is 9.10. The van der Waals surface area contributed by atoms with E-state index in [0.29, 0.717) is 15.9 Å². The number of halogens is 2. The normalized spacial score (nSPS) is 10.4. The van der Waals surface area contributed by atoms with E-state index in [9.17, 15) is 9.59 Å². The van der Waals surface area contributed by atoms with Crippen LogP contribution in [0.25, 0.3) is 5.69 Å². The first-order valence-electron chi connectivity index (χ1n) is 8.32. The van der Waals surface area contributed by atoms with Crippen molar-refractivity contribution >= 4 is 51.1 Å². The third-order valence-corrected chi connectivity index (χ3v) is 5.50. The molecule has 10 heteroatoms. The summed E-state index contributed by atoms with van der Waals surface area (Å²) in [7, 11) is 1.45. The Balaban J connectivity index is 1.56. The second kappa shape index (κ2) is 9.82. The number of amides is 2. The van der Waals surface area contributed by atoms with Gasteiger partial charge in [-0.25, -0.2) is 4.98 Å². The van der Waals surface area contributed by atoms with Crippen LogP contribution in [0.15, 0.2) is 64.5 Å². The van der Waals surface area contributed by atoms with Crippen LogP contribution >= 0.6 is 39.3 Å². The van der Waals surface area contributed by atoms with E-state index in [-0.39, 0.29) is 17.2 Å². The lowest BCUT2D eigenvalue weighted by Gasteiger charge is -2.11. The Morgan fingerprint density at radius 1 is 1.21 bits per heavy atom. The summed E-state index contributed by atoms with van der Waals surface area (Å²) in [5, 5.41) is 1.04. The van der Waals surface area contributed by atoms with Crippen LogP contribution in [-0.4, -0.2) is 34.2 Å². The second-order valence-corrected chi connectivity index (χ2v) is 7.99. The molecular formula is C19H16BrClN4O3S. The standard InChI is InChI=1S/C19H16BrClN4O3S/c1-28-16-7-4-13(21)10-15(16)18(27)24-23-17(26)11-29-19-22-8-9-25(19)14-5-2-12(20)3-6-14/h2-10H,11H2,1H3,(H,23,26)(H,24,27). The summed E-state index contributed by atoms with van der Waals surface area (Å²) < 4.78 is 7.99. The van der Waals surface area contributed by atoms with Crippen molar-refractivity contribution in [1.29, 1.82) is 0 Å². The van der Waals surface area contributed by atoms with Crippen LogP contribution < -0.4 is 15.6 Å². The van der Waals surface area contributed by atoms with Crippen molar-refractivity contribution in [1.82, 2.24) is 20.4 Å². The van der Waals surface area contributed by atoms with Crippen molar-refractivity contribution < 1.29 is 14.3 Å². The van der Waals surface area contributed by atoms with E-state index >= 15 is 0 Å². The van der Waals surface area contributed by atoms with E-state index in [1.807, 2.05) is 35.0 Å². The lowest BCUT2D eigenvalue weighted by atomic mass is 10.2. The molecule has 3 rings (SSSR count).